The predicted molar refractivity (Wildman–Crippen MR) is 122 cm³/mol. The molecule has 0 amide bonds. The highest BCUT2D eigenvalue weighted by molar-refractivity contribution is 5.89. The number of allylic oxidation sites excluding steroid dienone is 1. The van der Waals surface area contributed by atoms with Crippen LogP contribution in [0, 0.1) is 6.92 Å². The molecule has 0 aliphatic carbocycles. The molecule has 1 aliphatic rings. The maximum absolute atomic E-state index is 12.7. The number of nitrogens with zero attached hydrogens (tertiary/aromatic N) is 3. The van der Waals surface area contributed by atoms with Gasteiger partial charge in [-0.3, -0.25) is 4.90 Å². The first-order valence-corrected chi connectivity index (χ1v) is 10.6. The lowest BCUT2D eigenvalue weighted by Crippen LogP contribution is -2.28. The Morgan fingerprint density at radius 2 is 2.10 bits per heavy atom. The van der Waals surface area contributed by atoms with Gasteiger partial charge in [-0.1, -0.05) is 12.2 Å². The largest absolute Gasteiger partial charge is 0.462 e. The van der Waals surface area contributed by atoms with Crippen LogP contribution < -0.4 is 0 Å². The van der Waals surface area contributed by atoms with Crippen molar-refractivity contribution in [3.05, 3.63) is 71.5 Å². The Bertz CT molecular complexity index is 1140. The van der Waals surface area contributed by atoms with Gasteiger partial charge in [0.25, 0.3) is 0 Å². The molecule has 4 heterocycles. The van der Waals surface area contributed by atoms with Crippen LogP contribution in [0.5, 0.6) is 0 Å². The molecule has 6 nitrogen and oxygen atoms in total. The Morgan fingerprint density at radius 3 is 2.77 bits per heavy atom. The number of hydrogen-bond acceptors (Lipinski definition) is 5. The molecule has 0 N–H and O–H groups in total. The number of carbonyl (C=O) groups excluding carboxylic acids is 1. The molecule has 0 bridgehead atoms. The van der Waals surface area contributed by atoms with Crippen molar-refractivity contribution in [2.24, 2.45) is 0 Å². The minimum atomic E-state index is -0.557. The molecule has 31 heavy (non-hydrogen) atoms. The fourth-order valence-corrected chi connectivity index (χ4v) is 3.70. The van der Waals surface area contributed by atoms with Crippen LogP contribution in [0.3, 0.4) is 0 Å². The molecule has 3 aromatic heterocycles. The van der Waals surface area contributed by atoms with Crippen molar-refractivity contribution in [3.8, 4) is 0 Å². The molecule has 0 radical (unpaired) electrons. The van der Waals surface area contributed by atoms with Crippen LogP contribution in [-0.2, 0) is 11.3 Å². The number of rotatable bonds is 4. The molecule has 6 heteroatoms. The zero-order valence-electron chi connectivity index (χ0n) is 18.6. The van der Waals surface area contributed by atoms with Crippen LogP contribution in [0.25, 0.3) is 17.1 Å². The average molecular weight is 420 g/mol. The van der Waals surface area contributed by atoms with Gasteiger partial charge in [0.1, 0.15) is 22.8 Å². The molecule has 4 rings (SSSR count). The summed E-state index contributed by atoms with van der Waals surface area (Å²) < 4.78 is 12.7. The summed E-state index contributed by atoms with van der Waals surface area (Å²) in [6, 6.07) is 7.87. The predicted octanol–water partition coefficient (Wildman–Crippen LogP) is 5.57. The van der Waals surface area contributed by atoms with Crippen LogP contribution in [0.15, 0.2) is 58.8 Å². The number of hydrogen-bond donors (Lipinski definition) is 0. The minimum Gasteiger partial charge on any atom is -0.462 e. The molecular weight excluding hydrogens is 390 g/mol. The smallest absolute Gasteiger partial charge is 0.420 e. The molecule has 0 unspecified atom stereocenters. The standard InChI is InChI=1S/C25H29N3O3/c1-18-7-9-21(30-18)10-8-19-11-14-27(15-12-19)16-20-17-28(24(29)31-25(2,3)4)23-22(20)6-5-13-26-23/h5-11,13,17H,12,14-16H2,1-4H3. The number of aromatic nitrogens is 2. The molecule has 162 valence electrons. The number of ether oxygens (including phenoxy) is 1. The van der Waals surface area contributed by atoms with Crippen LogP contribution in [0.4, 0.5) is 4.79 Å². The van der Waals surface area contributed by atoms with E-state index in [9.17, 15) is 4.79 Å². The van der Waals surface area contributed by atoms with E-state index in [1.165, 1.54) is 10.1 Å². The van der Waals surface area contributed by atoms with Crippen LogP contribution in [-0.4, -0.2) is 39.2 Å². The van der Waals surface area contributed by atoms with Crippen LogP contribution in [0.1, 0.15) is 44.3 Å². The lowest BCUT2D eigenvalue weighted by atomic mass is 10.1. The van der Waals surface area contributed by atoms with Crippen molar-refractivity contribution < 1.29 is 13.9 Å². The van der Waals surface area contributed by atoms with E-state index in [0.29, 0.717) is 5.65 Å². The summed E-state index contributed by atoms with van der Waals surface area (Å²) in [4.78, 5) is 19.5. The van der Waals surface area contributed by atoms with Crippen molar-refractivity contribution in [1.82, 2.24) is 14.5 Å². The van der Waals surface area contributed by atoms with Gasteiger partial charge in [-0.15, -0.1) is 0 Å². The third-order valence-electron chi connectivity index (χ3n) is 5.18. The quantitative estimate of drug-likeness (QED) is 0.553. The normalized spacial score (nSPS) is 15.5. The maximum Gasteiger partial charge on any atom is 0.420 e. The summed E-state index contributed by atoms with van der Waals surface area (Å²) in [5.41, 5.74) is 2.46. The lowest BCUT2D eigenvalue weighted by Gasteiger charge is -2.25. The van der Waals surface area contributed by atoms with Crippen molar-refractivity contribution in [3.63, 3.8) is 0 Å². The first kappa shape index (κ1) is 21.1. The second-order valence-corrected chi connectivity index (χ2v) is 8.93. The maximum atomic E-state index is 12.7. The second-order valence-electron chi connectivity index (χ2n) is 8.93. The number of fused-ring (bicyclic) bond motifs is 1. The second kappa shape index (κ2) is 8.55. The Hall–Kier alpha value is -3.12. The highest BCUT2D eigenvalue weighted by atomic mass is 16.6. The first-order valence-electron chi connectivity index (χ1n) is 10.6. The van der Waals surface area contributed by atoms with E-state index in [1.807, 2.05) is 64.2 Å². The lowest BCUT2D eigenvalue weighted by molar-refractivity contribution is 0.0543. The molecular formula is C25H29N3O3. The fourth-order valence-electron chi connectivity index (χ4n) is 3.70. The van der Waals surface area contributed by atoms with E-state index in [1.54, 1.807) is 6.20 Å². The zero-order chi connectivity index (χ0) is 22.0. The summed E-state index contributed by atoms with van der Waals surface area (Å²) in [5.74, 6) is 1.80. The summed E-state index contributed by atoms with van der Waals surface area (Å²) >= 11 is 0. The van der Waals surface area contributed by atoms with Gasteiger partial charge in [0.05, 0.1) is 0 Å². The van der Waals surface area contributed by atoms with E-state index in [2.05, 4.69) is 22.0 Å². The summed E-state index contributed by atoms with van der Waals surface area (Å²) in [6.45, 7) is 10.1. The first-order chi connectivity index (χ1) is 14.8. The van der Waals surface area contributed by atoms with E-state index < -0.39 is 11.7 Å². The molecule has 1 aliphatic heterocycles. The van der Waals surface area contributed by atoms with Gasteiger partial charge >= 0.3 is 6.09 Å². The zero-order valence-corrected chi connectivity index (χ0v) is 18.6. The van der Waals surface area contributed by atoms with Crippen molar-refractivity contribution in [1.29, 1.82) is 0 Å². The number of pyridine rings is 1. The third-order valence-corrected chi connectivity index (χ3v) is 5.18. The Kier molecular flexibility index (Phi) is 5.83. The molecule has 3 aromatic rings. The van der Waals surface area contributed by atoms with Gasteiger partial charge in [0, 0.05) is 37.4 Å². The van der Waals surface area contributed by atoms with Gasteiger partial charge in [-0.2, -0.15) is 0 Å². The Morgan fingerprint density at radius 1 is 1.26 bits per heavy atom. The van der Waals surface area contributed by atoms with E-state index in [-0.39, 0.29) is 0 Å². The highest BCUT2D eigenvalue weighted by Gasteiger charge is 2.22. The van der Waals surface area contributed by atoms with Gasteiger partial charge in [-0.25, -0.2) is 14.3 Å². The van der Waals surface area contributed by atoms with E-state index >= 15 is 0 Å². The van der Waals surface area contributed by atoms with Gasteiger partial charge in [-0.05, 0) is 75.6 Å². The van der Waals surface area contributed by atoms with Gasteiger partial charge < -0.3 is 9.15 Å². The minimum absolute atomic E-state index is 0.401. The van der Waals surface area contributed by atoms with Crippen LogP contribution in [0.2, 0.25) is 0 Å². The summed E-state index contributed by atoms with van der Waals surface area (Å²) in [6.07, 6.45) is 10.5. The molecule has 0 spiro atoms. The number of aryl methyl sites for hydroxylation is 1. The number of furan rings is 1. The summed E-state index contributed by atoms with van der Waals surface area (Å²) in [5, 5.41) is 0.983. The molecule has 0 saturated heterocycles. The molecule has 0 saturated carbocycles. The fraction of sp³-hybridized carbons (Fsp3) is 0.360. The molecule has 0 fully saturated rings. The van der Waals surface area contributed by atoms with E-state index in [0.717, 1.165) is 48.5 Å². The van der Waals surface area contributed by atoms with Gasteiger partial charge in [0.2, 0.25) is 0 Å². The topological polar surface area (TPSA) is 60.5 Å². The van der Waals surface area contributed by atoms with Crippen molar-refractivity contribution >= 4 is 23.2 Å². The Balaban J connectivity index is 1.47. The number of carbonyl (C=O) groups is 1. The highest BCUT2D eigenvalue weighted by Crippen LogP contribution is 2.24. The third kappa shape index (κ3) is 5.14. The monoisotopic (exact) mass is 419 g/mol. The van der Waals surface area contributed by atoms with Crippen LogP contribution >= 0.6 is 0 Å². The SMILES string of the molecule is Cc1ccc(C=CC2=CCN(Cc3cn(C(=O)OC(C)(C)C)c4ncccc34)CC2)o1. The summed E-state index contributed by atoms with van der Waals surface area (Å²) in [7, 11) is 0. The van der Waals surface area contributed by atoms with Gasteiger partial charge in [0.15, 0.2) is 0 Å². The molecule has 0 atom stereocenters. The van der Waals surface area contributed by atoms with Crippen molar-refractivity contribution in [2.75, 3.05) is 13.1 Å². The van der Waals surface area contributed by atoms with E-state index in [4.69, 9.17) is 9.15 Å². The Labute approximate surface area is 182 Å². The average Bonchev–Trinajstić information content (AvgIpc) is 3.30. The van der Waals surface area contributed by atoms with Crippen molar-refractivity contribution in [2.45, 2.75) is 46.3 Å². The molecule has 0 aromatic carbocycles.